The fourth-order valence-electron chi connectivity index (χ4n) is 2.24. The number of aryl methyl sites for hydroxylation is 1. The van der Waals surface area contributed by atoms with Crippen LogP contribution >= 0.6 is 23.4 Å². The number of anilines is 1. The highest BCUT2D eigenvalue weighted by atomic mass is 35.5. The zero-order valence-corrected chi connectivity index (χ0v) is 10.8. The van der Waals surface area contributed by atoms with Gasteiger partial charge in [0.1, 0.15) is 5.82 Å². The Kier molecular flexibility index (Phi) is 3.55. The topological polar surface area (TPSA) is 37.8 Å². The molecule has 0 aromatic carbocycles. The van der Waals surface area contributed by atoms with E-state index in [0.29, 0.717) is 5.28 Å². The number of aromatic nitrogens is 2. The molecular formula is C12H18ClN3S. The Morgan fingerprint density at radius 1 is 1.35 bits per heavy atom. The molecular weight excluding hydrogens is 254 g/mol. The Morgan fingerprint density at radius 2 is 2.12 bits per heavy atom. The molecule has 94 valence electrons. The van der Waals surface area contributed by atoms with Crippen LogP contribution in [0.3, 0.4) is 0 Å². The molecule has 1 aromatic heterocycles. The van der Waals surface area contributed by atoms with E-state index in [2.05, 4.69) is 22.2 Å². The van der Waals surface area contributed by atoms with Gasteiger partial charge in [-0.15, -0.1) is 11.8 Å². The quantitative estimate of drug-likeness (QED) is 0.831. The molecule has 0 bridgehead atoms. The molecule has 3 rings (SSSR count). The minimum absolute atomic E-state index is 0. The third kappa shape index (κ3) is 2.38. The van der Waals surface area contributed by atoms with Crippen molar-refractivity contribution >= 4 is 29.2 Å². The van der Waals surface area contributed by atoms with Crippen LogP contribution in [0.2, 0.25) is 5.28 Å². The number of rotatable bonds is 2. The standard InChI is InChI=1S/C11H14ClN3S.CH4/c1-11(4-2-5-11)15-9-8-7(3-6-16-8)13-10(12)14-9;/h2-6H2,1H3,(H,13,14,15);1H4. The lowest BCUT2D eigenvalue weighted by molar-refractivity contribution is 0.305. The van der Waals surface area contributed by atoms with Gasteiger partial charge in [0.05, 0.1) is 10.6 Å². The largest absolute Gasteiger partial charge is 0.364 e. The van der Waals surface area contributed by atoms with Gasteiger partial charge in [-0.3, -0.25) is 0 Å². The molecule has 2 heterocycles. The van der Waals surface area contributed by atoms with Gasteiger partial charge in [-0.25, -0.2) is 4.98 Å². The molecule has 1 aromatic rings. The maximum Gasteiger partial charge on any atom is 0.224 e. The van der Waals surface area contributed by atoms with Gasteiger partial charge in [0.15, 0.2) is 0 Å². The Labute approximate surface area is 112 Å². The van der Waals surface area contributed by atoms with Crippen LogP contribution in [0.25, 0.3) is 0 Å². The highest BCUT2D eigenvalue weighted by molar-refractivity contribution is 7.99. The van der Waals surface area contributed by atoms with Crippen molar-refractivity contribution in [2.45, 2.75) is 50.5 Å². The summed E-state index contributed by atoms with van der Waals surface area (Å²) in [6.45, 7) is 2.25. The number of nitrogens with zero attached hydrogens (tertiary/aromatic N) is 2. The predicted molar refractivity (Wildman–Crippen MR) is 74.1 cm³/mol. The molecule has 0 unspecified atom stereocenters. The van der Waals surface area contributed by atoms with Crippen molar-refractivity contribution in [1.82, 2.24) is 9.97 Å². The van der Waals surface area contributed by atoms with Gasteiger partial charge in [0, 0.05) is 17.7 Å². The van der Waals surface area contributed by atoms with Crippen LogP contribution in [-0.2, 0) is 6.42 Å². The first kappa shape index (κ1) is 13.0. The van der Waals surface area contributed by atoms with Crippen LogP contribution in [0.5, 0.6) is 0 Å². The Bertz CT molecular complexity index is 432. The summed E-state index contributed by atoms with van der Waals surface area (Å²) < 4.78 is 0. The molecule has 0 amide bonds. The van der Waals surface area contributed by atoms with Crippen molar-refractivity contribution in [3.8, 4) is 0 Å². The zero-order chi connectivity index (χ0) is 11.2. The lowest BCUT2D eigenvalue weighted by atomic mass is 9.78. The molecule has 2 aliphatic rings. The van der Waals surface area contributed by atoms with E-state index in [1.54, 1.807) is 0 Å². The van der Waals surface area contributed by atoms with E-state index in [4.69, 9.17) is 11.6 Å². The third-order valence-electron chi connectivity index (χ3n) is 3.37. The second kappa shape index (κ2) is 4.65. The van der Waals surface area contributed by atoms with E-state index >= 15 is 0 Å². The van der Waals surface area contributed by atoms with E-state index in [0.717, 1.165) is 23.7 Å². The molecule has 0 atom stereocenters. The Balaban J connectivity index is 0.00000108. The minimum atomic E-state index is 0. The van der Waals surface area contributed by atoms with Gasteiger partial charge in [-0.05, 0) is 37.8 Å². The lowest BCUT2D eigenvalue weighted by Gasteiger charge is -2.39. The number of fused-ring (bicyclic) bond motifs is 1. The van der Waals surface area contributed by atoms with Gasteiger partial charge in [0.2, 0.25) is 5.28 Å². The number of hydrogen-bond donors (Lipinski definition) is 1. The maximum atomic E-state index is 5.95. The van der Waals surface area contributed by atoms with Gasteiger partial charge in [-0.2, -0.15) is 4.98 Å². The molecule has 1 aliphatic carbocycles. The van der Waals surface area contributed by atoms with Crippen molar-refractivity contribution in [2.75, 3.05) is 11.1 Å². The van der Waals surface area contributed by atoms with E-state index in [-0.39, 0.29) is 13.0 Å². The summed E-state index contributed by atoms with van der Waals surface area (Å²) in [5.41, 5.74) is 1.32. The SMILES string of the molecule is C.CC1(Nc2nc(Cl)nc3c2SCC3)CCC1. The fraction of sp³-hybridized carbons (Fsp3) is 0.667. The van der Waals surface area contributed by atoms with Crippen molar-refractivity contribution in [2.24, 2.45) is 0 Å². The smallest absolute Gasteiger partial charge is 0.224 e. The third-order valence-corrected chi connectivity index (χ3v) is 4.67. The first-order chi connectivity index (χ1) is 7.66. The van der Waals surface area contributed by atoms with Gasteiger partial charge in [0.25, 0.3) is 0 Å². The van der Waals surface area contributed by atoms with E-state index in [1.807, 2.05) is 11.8 Å². The summed E-state index contributed by atoms with van der Waals surface area (Å²) in [6.07, 6.45) is 4.74. The monoisotopic (exact) mass is 271 g/mol. The molecule has 17 heavy (non-hydrogen) atoms. The summed E-state index contributed by atoms with van der Waals surface area (Å²) >= 11 is 7.78. The van der Waals surface area contributed by atoms with Crippen LogP contribution in [0.15, 0.2) is 4.90 Å². The Morgan fingerprint density at radius 3 is 2.76 bits per heavy atom. The van der Waals surface area contributed by atoms with Crippen LogP contribution < -0.4 is 5.32 Å². The normalized spacial score (nSPS) is 20.1. The summed E-state index contributed by atoms with van der Waals surface area (Å²) in [6, 6.07) is 0. The number of halogens is 1. The summed E-state index contributed by atoms with van der Waals surface area (Å²) in [5.74, 6) is 2.04. The highest BCUT2D eigenvalue weighted by Crippen LogP contribution is 2.40. The lowest BCUT2D eigenvalue weighted by Crippen LogP contribution is -2.42. The van der Waals surface area contributed by atoms with Crippen LogP contribution in [0.1, 0.15) is 39.3 Å². The van der Waals surface area contributed by atoms with Crippen molar-refractivity contribution < 1.29 is 0 Å². The number of nitrogens with one attached hydrogen (secondary N) is 1. The molecule has 1 aliphatic heterocycles. The van der Waals surface area contributed by atoms with Crippen molar-refractivity contribution in [3.63, 3.8) is 0 Å². The number of thioether (sulfide) groups is 1. The van der Waals surface area contributed by atoms with E-state index < -0.39 is 0 Å². The number of hydrogen-bond acceptors (Lipinski definition) is 4. The van der Waals surface area contributed by atoms with Crippen molar-refractivity contribution in [1.29, 1.82) is 0 Å². The van der Waals surface area contributed by atoms with Crippen LogP contribution in [0, 0.1) is 0 Å². The van der Waals surface area contributed by atoms with Gasteiger partial charge >= 0.3 is 0 Å². The first-order valence-electron chi connectivity index (χ1n) is 5.64. The maximum absolute atomic E-state index is 5.95. The summed E-state index contributed by atoms with van der Waals surface area (Å²) in [5, 5.41) is 3.91. The molecule has 3 nitrogen and oxygen atoms in total. The zero-order valence-electron chi connectivity index (χ0n) is 9.22. The van der Waals surface area contributed by atoms with E-state index in [9.17, 15) is 0 Å². The molecule has 1 N–H and O–H groups in total. The molecule has 5 heteroatoms. The molecule has 0 spiro atoms. The average Bonchev–Trinajstić information content (AvgIpc) is 2.63. The minimum Gasteiger partial charge on any atom is -0.364 e. The second-order valence-corrected chi connectivity index (χ2v) is 6.20. The molecule has 0 saturated heterocycles. The fourth-order valence-corrected chi connectivity index (χ4v) is 3.47. The first-order valence-corrected chi connectivity index (χ1v) is 7.00. The molecule has 0 radical (unpaired) electrons. The summed E-state index contributed by atoms with van der Waals surface area (Å²) in [7, 11) is 0. The average molecular weight is 272 g/mol. The molecule has 1 saturated carbocycles. The van der Waals surface area contributed by atoms with E-state index in [1.165, 1.54) is 24.2 Å². The van der Waals surface area contributed by atoms with Gasteiger partial charge in [-0.1, -0.05) is 7.43 Å². The predicted octanol–water partition coefficient (Wildman–Crippen LogP) is 3.77. The second-order valence-electron chi connectivity index (χ2n) is 4.75. The van der Waals surface area contributed by atoms with Crippen molar-refractivity contribution in [3.05, 3.63) is 11.0 Å². The highest BCUT2D eigenvalue weighted by Gasteiger charge is 2.33. The van der Waals surface area contributed by atoms with Gasteiger partial charge < -0.3 is 5.32 Å². The van der Waals surface area contributed by atoms with Crippen LogP contribution in [0.4, 0.5) is 5.82 Å². The van der Waals surface area contributed by atoms with Crippen LogP contribution in [-0.4, -0.2) is 21.3 Å². The Hall–Kier alpha value is -0.480. The molecule has 1 fully saturated rings. The summed E-state index contributed by atoms with van der Waals surface area (Å²) in [4.78, 5) is 9.82.